The Balaban J connectivity index is 0.983. The van der Waals surface area contributed by atoms with Gasteiger partial charge in [-0.1, -0.05) is 38.5 Å². The minimum Gasteiger partial charge on any atom is -0.479 e. The summed E-state index contributed by atoms with van der Waals surface area (Å²) in [6.45, 7) is 0. The molecule has 6 fully saturated rings. The van der Waals surface area contributed by atoms with Gasteiger partial charge in [0.2, 0.25) is 0 Å². The van der Waals surface area contributed by atoms with Gasteiger partial charge < -0.3 is 9.47 Å². The molecule has 12 heteroatoms. The fourth-order valence-electron chi connectivity index (χ4n) is 11.7. The lowest BCUT2D eigenvalue weighted by atomic mass is 9.78. The number of hydrogen-bond donors (Lipinski definition) is 0. The molecule has 6 aliphatic carbocycles. The van der Waals surface area contributed by atoms with E-state index >= 15 is 0 Å². The van der Waals surface area contributed by atoms with Crippen molar-refractivity contribution in [2.45, 2.75) is 127 Å². The van der Waals surface area contributed by atoms with E-state index in [-0.39, 0.29) is 58.2 Å². The van der Waals surface area contributed by atoms with Crippen LogP contribution in [-0.4, -0.2) is 34.6 Å². The maximum absolute atomic E-state index is 13.5. The summed E-state index contributed by atoms with van der Waals surface area (Å²) in [5, 5.41) is 1.44. The zero-order valence-electron chi connectivity index (χ0n) is 31.2. The first-order valence-electron chi connectivity index (χ1n) is 20.9. The predicted octanol–water partition coefficient (Wildman–Crippen LogP) is 11.6. The zero-order valence-corrected chi connectivity index (χ0v) is 34.4. The van der Waals surface area contributed by atoms with Gasteiger partial charge in [-0.25, -0.2) is 9.98 Å². The van der Waals surface area contributed by atoms with Crippen LogP contribution in [0.15, 0.2) is 22.1 Å². The molecule has 0 N–H and O–H groups in total. The predicted molar refractivity (Wildman–Crippen MR) is 222 cm³/mol. The Morgan fingerprint density at radius 3 is 1.18 bits per heavy atom. The molecule has 0 radical (unpaired) electrons. The number of thiophene rings is 4. The minimum atomic E-state index is -0.480. The van der Waals surface area contributed by atoms with Crippen LogP contribution in [0.4, 0.5) is 10.0 Å². The molecule has 8 aliphatic rings. The van der Waals surface area contributed by atoms with Crippen LogP contribution in [-0.2, 0) is 30.4 Å². The van der Waals surface area contributed by atoms with E-state index in [0.29, 0.717) is 0 Å². The Kier molecular flexibility index (Phi) is 7.80. The number of fused-ring (bicyclic) bond motifs is 13. The lowest BCUT2D eigenvalue weighted by Crippen LogP contribution is -2.37. The minimum absolute atomic E-state index is 0.0607. The van der Waals surface area contributed by atoms with Crippen molar-refractivity contribution >= 4 is 99.3 Å². The number of carbonyl (C=O) groups excluding carboxylic acids is 4. The van der Waals surface area contributed by atoms with Gasteiger partial charge >= 0.3 is 0 Å². The van der Waals surface area contributed by atoms with Crippen molar-refractivity contribution in [1.29, 1.82) is 0 Å². The highest BCUT2D eigenvalue weighted by Gasteiger charge is 2.51. The van der Waals surface area contributed by atoms with Crippen LogP contribution in [0.3, 0.4) is 0 Å². The van der Waals surface area contributed by atoms with Gasteiger partial charge in [0, 0.05) is 34.8 Å². The molecule has 4 aromatic rings. The highest BCUT2D eigenvalue weighted by atomic mass is 32.1. The molecule has 4 unspecified atom stereocenters. The Labute approximate surface area is 340 Å². The van der Waals surface area contributed by atoms with E-state index < -0.39 is 11.2 Å². The molecule has 8 nitrogen and oxygen atoms in total. The lowest BCUT2D eigenvalue weighted by molar-refractivity contribution is -0.120. The van der Waals surface area contributed by atoms with E-state index in [4.69, 9.17) is 19.5 Å². The Morgan fingerprint density at radius 1 is 0.464 bits per heavy atom. The highest BCUT2D eigenvalue weighted by molar-refractivity contribution is 7.35. The Morgan fingerprint density at radius 2 is 0.821 bits per heavy atom. The first kappa shape index (κ1) is 34.7. The number of carbonyl (C=O) groups is 4. The van der Waals surface area contributed by atoms with Gasteiger partial charge in [0.25, 0.3) is 0 Å². The van der Waals surface area contributed by atoms with Crippen LogP contribution in [0.5, 0.6) is 11.5 Å². The fraction of sp³-hybridized carbons (Fsp3) is 0.545. The van der Waals surface area contributed by atoms with Crippen LogP contribution < -0.4 is 9.47 Å². The second kappa shape index (κ2) is 12.6. The number of aliphatic imine (C=N–C) groups is 2. The second-order valence-electron chi connectivity index (χ2n) is 17.5. The fourth-order valence-corrected chi connectivity index (χ4v) is 16.8. The summed E-state index contributed by atoms with van der Waals surface area (Å²) in [7, 11) is 0. The summed E-state index contributed by atoms with van der Waals surface area (Å²) in [6, 6.07) is 4.24. The van der Waals surface area contributed by atoms with Crippen LogP contribution in [0.2, 0.25) is 0 Å². The summed E-state index contributed by atoms with van der Waals surface area (Å²) in [5.41, 5.74) is 1.65. The van der Waals surface area contributed by atoms with Gasteiger partial charge in [-0.05, 0) is 89.2 Å². The van der Waals surface area contributed by atoms with E-state index in [2.05, 4.69) is 12.1 Å². The standard InChI is InChI=1S/C44H42N2O6S4/c47-31-21-11-3-4-12-22(21)32(48)29(31)45-27-19-25-37(53-27)39-35(51-43(25)15-7-1-8-16-43)41-42(55-39)36-40(56-41)38-26(44(52-36)17-9-2-10-18-44)20-28(54-38)46-30-33(49)23-13-5-6-14-24(23)34(30)50/h19-24H,1-18H2. The second-order valence-corrected chi connectivity index (χ2v) is 21.6. The molecule has 4 aromatic heterocycles. The molecular weight excluding hydrogens is 781 g/mol. The van der Waals surface area contributed by atoms with Crippen LogP contribution in [0, 0.1) is 23.7 Å². The van der Waals surface area contributed by atoms with E-state index in [1.807, 2.05) is 0 Å². The molecule has 12 rings (SSSR count). The van der Waals surface area contributed by atoms with Gasteiger partial charge in [0.1, 0.15) is 21.2 Å². The topological polar surface area (TPSA) is 111 Å². The summed E-state index contributed by atoms with van der Waals surface area (Å²) in [4.78, 5) is 68.1. The van der Waals surface area contributed by atoms with Crippen LogP contribution >= 0.6 is 45.3 Å². The Bertz CT molecular complexity index is 2260. The van der Waals surface area contributed by atoms with Crippen LogP contribution in [0.25, 0.3) is 28.9 Å². The molecule has 6 saturated carbocycles. The van der Waals surface area contributed by atoms with Crippen molar-refractivity contribution in [2.75, 3.05) is 0 Å². The number of ether oxygens (including phenoxy) is 2. The molecule has 0 amide bonds. The number of nitrogens with zero attached hydrogens (tertiary/aromatic N) is 2. The van der Waals surface area contributed by atoms with Crippen molar-refractivity contribution in [3.63, 3.8) is 0 Å². The molecule has 0 aromatic carbocycles. The molecule has 288 valence electrons. The van der Waals surface area contributed by atoms with Crippen molar-refractivity contribution in [3.8, 4) is 31.0 Å². The molecule has 2 aliphatic heterocycles. The molecule has 0 bridgehead atoms. The van der Waals surface area contributed by atoms with Gasteiger partial charge in [0.05, 0.1) is 28.9 Å². The van der Waals surface area contributed by atoms with E-state index in [9.17, 15) is 19.2 Å². The lowest BCUT2D eigenvalue weighted by Gasteiger charge is -2.40. The summed E-state index contributed by atoms with van der Waals surface area (Å²) >= 11 is 6.65. The molecule has 56 heavy (non-hydrogen) atoms. The maximum atomic E-state index is 13.5. The number of rotatable bonds is 2. The van der Waals surface area contributed by atoms with Crippen molar-refractivity contribution < 1.29 is 28.7 Å². The zero-order chi connectivity index (χ0) is 37.5. The van der Waals surface area contributed by atoms with Gasteiger partial charge in [-0.3, -0.25) is 19.2 Å². The van der Waals surface area contributed by atoms with Gasteiger partial charge in [0.15, 0.2) is 46.1 Å². The van der Waals surface area contributed by atoms with Gasteiger partial charge in [-0.2, -0.15) is 0 Å². The van der Waals surface area contributed by atoms with E-state index in [0.717, 1.165) is 164 Å². The average molecular weight is 823 g/mol. The Hall–Kier alpha value is -3.32. The maximum Gasteiger partial charge on any atom is 0.188 e. The van der Waals surface area contributed by atoms with Gasteiger partial charge in [-0.15, -0.1) is 45.3 Å². The summed E-state index contributed by atoms with van der Waals surface area (Å²) < 4.78 is 16.8. The van der Waals surface area contributed by atoms with Crippen molar-refractivity contribution in [2.24, 2.45) is 33.7 Å². The van der Waals surface area contributed by atoms with Crippen molar-refractivity contribution in [3.05, 3.63) is 23.3 Å². The summed E-state index contributed by atoms with van der Waals surface area (Å²) in [6.07, 6.45) is 17.4. The third-order valence-electron chi connectivity index (χ3n) is 14.4. The largest absolute Gasteiger partial charge is 0.479 e. The molecule has 2 spiro atoms. The van der Waals surface area contributed by atoms with E-state index in [1.165, 1.54) is 12.8 Å². The third kappa shape index (κ3) is 4.84. The quantitative estimate of drug-likeness (QED) is 0.199. The molecule has 0 saturated heterocycles. The number of ketones is 4. The first-order chi connectivity index (χ1) is 27.3. The highest BCUT2D eigenvalue weighted by Crippen LogP contribution is 2.67. The molecule has 4 atom stereocenters. The normalized spacial score (nSPS) is 28.4. The third-order valence-corrected chi connectivity index (χ3v) is 19.3. The van der Waals surface area contributed by atoms with Crippen molar-refractivity contribution in [1.82, 2.24) is 0 Å². The first-order valence-corrected chi connectivity index (χ1v) is 24.2. The smallest absolute Gasteiger partial charge is 0.188 e. The average Bonchev–Trinajstić information content (AvgIpc) is 4.07. The number of hydrogen-bond acceptors (Lipinski definition) is 12. The molecule has 6 heterocycles. The summed E-state index contributed by atoms with van der Waals surface area (Å²) in [5.74, 6) is 0.805. The molecular formula is C44H42N2O6S4. The monoisotopic (exact) mass is 822 g/mol. The number of Topliss-reactive ketones (excluding diaryl/α,β-unsaturated/α-hetero) is 4. The SMILES string of the molecule is O=C1C(=Nc2cc3c(s2)-c2sc4c5c(sc4c2OC32CCCCC2)-c2sc(N=C3C(=O)C4CCCCC4C3=O)cc2C2(CCCCC2)O5)C(=O)C2CCCCC12. The van der Waals surface area contributed by atoms with Crippen LogP contribution in [0.1, 0.15) is 127 Å². The van der Waals surface area contributed by atoms with E-state index in [1.54, 1.807) is 45.3 Å².